The summed E-state index contributed by atoms with van der Waals surface area (Å²) in [5, 5.41) is 3.54. The minimum absolute atomic E-state index is 0.597. The fraction of sp³-hybridized carbons (Fsp3) is 0.571. The Morgan fingerprint density at radius 3 is 2.47 bits per heavy atom. The fourth-order valence-electron chi connectivity index (χ4n) is 2.34. The van der Waals surface area contributed by atoms with Gasteiger partial charge in [0.05, 0.1) is 7.11 Å². The molecule has 1 N–H and O–H groups in total. The van der Waals surface area contributed by atoms with Gasteiger partial charge in [0.2, 0.25) is 0 Å². The van der Waals surface area contributed by atoms with Crippen molar-refractivity contribution in [3.63, 3.8) is 0 Å². The lowest BCUT2D eigenvalue weighted by Crippen LogP contribution is -2.47. The van der Waals surface area contributed by atoms with Gasteiger partial charge in [0.15, 0.2) is 0 Å². The SMILES string of the molecule is COc1ccc(N(C)C2CCC(C)NC2)cc1. The maximum atomic E-state index is 5.18. The zero-order valence-electron chi connectivity index (χ0n) is 10.9. The van der Waals surface area contributed by atoms with Crippen molar-refractivity contribution in [2.75, 3.05) is 25.6 Å². The van der Waals surface area contributed by atoms with Gasteiger partial charge in [0.25, 0.3) is 0 Å². The summed E-state index contributed by atoms with van der Waals surface area (Å²) in [6.07, 6.45) is 2.52. The monoisotopic (exact) mass is 234 g/mol. The van der Waals surface area contributed by atoms with Crippen LogP contribution in [0, 0.1) is 0 Å². The number of ether oxygens (including phenoxy) is 1. The van der Waals surface area contributed by atoms with Gasteiger partial charge < -0.3 is 15.0 Å². The summed E-state index contributed by atoms with van der Waals surface area (Å²) >= 11 is 0. The molecule has 1 fully saturated rings. The highest BCUT2D eigenvalue weighted by atomic mass is 16.5. The molecule has 94 valence electrons. The topological polar surface area (TPSA) is 24.5 Å². The van der Waals surface area contributed by atoms with E-state index in [0.29, 0.717) is 12.1 Å². The number of hydrogen-bond acceptors (Lipinski definition) is 3. The number of hydrogen-bond donors (Lipinski definition) is 1. The first-order valence-corrected chi connectivity index (χ1v) is 6.31. The number of likely N-dealkylation sites (N-methyl/N-ethyl adjacent to an activating group) is 1. The third kappa shape index (κ3) is 2.91. The van der Waals surface area contributed by atoms with Crippen LogP contribution in [0.5, 0.6) is 5.75 Å². The van der Waals surface area contributed by atoms with E-state index >= 15 is 0 Å². The molecule has 0 spiro atoms. The number of methoxy groups -OCH3 is 1. The molecule has 2 atom stereocenters. The van der Waals surface area contributed by atoms with Crippen LogP contribution in [0.2, 0.25) is 0 Å². The first-order chi connectivity index (χ1) is 8.20. The molecule has 1 aromatic carbocycles. The summed E-state index contributed by atoms with van der Waals surface area (Å²) in [5.41, 5.74) is 1.26. The van der Waals surface area contributed by atoms with Gasteiger partial charge in [-0.05, 0) is 44.0 Å². The first kappa shape index (κ1) is 12.2. The summed E-state index contributed by atoms with van der Waals surface area (Å²) in [4.78, 5) is 2.36. The second-order valence-corrected chi connectivity index (χ2v) is 4.85. The number of nitrogens with one attached hydrogen (secondary N) is 1. The van der Waals surface area contributed by atoms with Crippen LogP contribution in [0.1, 0.15) is 19.8 Å². The third-order valence-corrected chi connectivity index (χ3v) is 3.66. The lowest BCUT2D eigenvalue weighted by molar-refractivity contribution is 0.376. The van der Waals surface area contributed by atoms with E-state index in [1.165, 1.54) is 18.5 Å². The number of anilines is 1. The Bertz CT molecular complexity index is 342. The summed E-state index contributed by atoms with van der Waals surface area (Å²) in [6.45, 7) is 3.33. The van der Waals surface area contributed by atoms with Gasteiger partial charge in [-0.2, -0.15) is 0 Å². The van der Waals surface area contributed by atoms with Crippen molar-refractivity contribution in [1.29, 1.82) is 0 Å². The van der Waals surface area contributed by atoms with Crippen LogP contribution in [0.3, 0.4) is 0 Å². The number of rotatable bonds is 3. The lowest BCUT2D eigenvalue weighted by atomic mass is 10.0. The Morgan fingerprint density at radius 1 is 1.24 bits per heavy atom. The Morgan fingerprint density at radius 2 is 1.94 bits per heavy atom. The molecule has 0 aromatic heterocycles. The average molecular weight is 234 g/mol. The molecule has 3 nitrogen and oxygen atoms in total. The zero-order valence-corrected chi connectivity index (χ0v) is 10.9. The van der Waals surface area contributed by atoms with Gasteiger partial charge in [-0.3, -0.25) is 0 Å². The molecular formula is C14H22N2O. The second-order valence-electron chi connectivity index (χ2n) is 4.85. The highest BCUT2D eigenvalue weighted by Crippen LogP contribution is 2.22. The molecule has 1 heterocycles. The van der Waals surface area contributed by atoms with E-state index in [9.17, 15) is 0 Å². The minimum Gasteiger partial charge on any atom is -0.497 e. The average Bonchev–Trinajstić information content (AvgIpc) is 2.39. The highest BCUT2D eigenvalue weighted by molar-refractivity contribution is 5.49. The summed E-state index contributed by atoms with van der Waals surface area (Å²) in [7, 11) is 3.87. The molecule has 17 heavy (non-hydrogen) atoms. The number of benzene rings is 1. The highest BCUT2D eigenvalue weighted by Gasteiger charge is 2.21. The van der Waals surface area contributed by atoms with Crippen molar-refractivity contribution in [1.82, 2.24) is 5.32 Å². The molecule has 1 aliphatic rings. The maximum absolute atomic E-state index is 5.18. The van der Waals surface area contributed by atoms with Crippen molar-refractivity contribution in [3.8, 4) is 5.75 Å². The molecule has 3 heteroatoms. The largest absolute Gasteiger partial charge is 0.497 e. The van der Waals surface area contributed by atoms with Crippen LogP contribution in [0.4, 0.5) is 5.69 Å². The van der Waals surface area contributed by atoms with Crippen LogP contribution >= 0.6 is 0 Å². The van der Waals surface area contributed by atoms with Crippen molar-refractivity contribution in [3.05, 3.63) is 24.3 Å². The van der Waals surface area contributed by atoms with Gasteiger partial charge >= 0.3 is 0 Å². The van der Waals surface area contributed by atoms with Crippen molar-refractivity contribution < 1.29 is 4.74 Å². The first-order valence-electron chi connectivity index (χ1n) is 6.31. The molecule has 0 radical (unpaired) electrons. The predicted molar refractivity (Wildman–Crippen MR) is 71.9 cm³/mol. The minimum atomic E-state index is 0.597. The summed E-state index contributed by atoms with van der Waals surface area (Å²) in [5.74, 6) is 0.914. The maximum Gasteiger partial charge on any atom is 0.119 e. The molecular weight excluding hydrogens is 212 g/mol. The van der Waals surface area contributed by atoms with Crippen molar-refractivity contribution in [2.24, 2.45) is 0 Å². The van der Waals surface area contributed by atoms with E-state index in [-0.39, 0.29) is 0 Å². The second kappa shape index (κ2) is 5.41. The molecule has 0 amide bonds. The Kier molecular flexibility index (Phi) is 3.89. The third-order valence-electron chi connectivity index (χ3n) is 3.66. The van der Waals surface area contributed by atoms with Gasteiger partial charge in [-0.15, -0.1) is 0 Å². The standard InChI is InChI=1S/C14H22N2O/c1-11-4-5-13(10-15-11)16(2)12-6-8-14(17-3)9-7-12/h6-9,11,13,15H,4-5,10H2,1-3H3. The van der Waals surface area contributed by atoms with Gasteiger partial charge in [-0.25, -0.2) is 0 Å². The predicted octanol–water partition coefficient (Wildman–Crippen LogP) is 2.27. The zero-order chi connectivity index (χ0) is 12.3. The van der Waals surface area contributed by atoms with E-state index in [4.69, 9.17) is 4.74 Å². The summed E-state index contributed by atoms with van der Waals surface area (Å²) < 4.78 is 5.18. The van der Waals surface area contributed by atoms with Gasteiger partial charge in [-0.1, -0.05) is 0 Å². The van der Waals surface area contributed by atoms with Crippen molar-refractivity contribution >= 4 is 5.69 Å². The van der Waals surface area contributed by atoms with Crippen LogP contribution in [-0.2, 0) is 0 Å². The molecule has 0 aliphatic carbocycles. The van der Waals surface area contributed by atoms with Gasteiger partial charge in [0.1, 0.15) is 5.75 Å². The fourth-order valence-corrected chi connectivity index (χ4v) is 2.34. The smallest absolute Gasteiger partial charge is 0.119 e. The molecule has 0 bridgehead atoms. The van der Waals surface area contributed by atoms with E-state index in [1.807, 2.05) is 12.1 Å². The molecule has 2 unspecified atom stereocenters. The Balaban J connectivity index is 2.00. The van der Waals surface area contributed by atoms with E-state index in [1.54, 1.807) is 7.11 Å². The van der Waals surface area contributed by atoms with Crippen LogP contribution in [0.25, 0.3) is 0 Å². The Labute approximate surface area is 104 Å². The quantitative estimate of drug-likeness (QED) is 0.868. The van der Waals surface area contributed by atoms with Crippen LogP contribution in [-0.4, -0.2) is 32.8 Å². The van der Waals surface area contributed by atoms with Crippen molar-refractivity contribution in [2.45, 2.75) is 31.8 Å². The normalized spacial score (nSPS) is 24.4. The number of piperidine rings is 1. The van der Waals surface area contributed by atoms with E-state index in [2.05, 4.69) is 36.3 Å². The number of nitrogens with zero attached hydrogens (tertiary/aromatic N) is 1. The molecule has 0 saturated carbocycles. The van der Waals surface area contributed by atoms with Gasteiger partial charge in [0, 0.05) is 31.4 Å². The van der Waals surface area contributed by atoms with E-state index in [0.717, 1.165) is 12.3 Å². The van der Waals surface area contributed by atoms with E-state index < -0.39 is 0 Å². The molecule has 2 rings (SSSR count). The lowest BCUT2D eigenvalue weighted by Gasteiger charge is -2.35. The molecule has 1 aromatic rings. The summed E-state index contributed by atoms with van der Waals surface area (Å²) in [6, 6.07) is 9.54. The van der Waals surface area contributed by atoms with Crippen LogP contribution < -0.4 is 15.0 Å². The molecule has 1 aliphatic heterocycles. The van der Waals surface area contributed by atoms with Crippen LogP contribution in [0.15, 0.2) is 24.3 Å². The molecule has 1 saturated heterocycles. The Hall–Kier alpha value is -1.22.